The molecule has 4 unspecified atom stereocenters. The Balaban J connectivity index is 1.99. The largest absolute Gasteiger partial charge is 0.494 e. The maximum absolute atomic E-state index is 12.3. The summed E-state index contributed by atoms with van der Waals surface area (Å²) < 4.78 is 5.50. The summed E-state index contributed by atoms with van der Waals surface area (Å²) in [4.78, 5) is 47.8. The number of carbonyl (C=O) groups is 4. The lowest BCUT2D eigenvalue weighted by molar-refractivity contribution is -0.154. The van der Waals surface area contributed by atoms with Crippen LogP contribution in [0.15, 0.2) is 24.3 Å². The monoisotopic (exact) mass is 376 g/mol. The van der Waals surface area contributed by atoms with Crippen molar-refractivity contribution in [2.45, 2.75) is 31.3 Å². The van der Waals surface area contributed by atoms with Gasteiger partial charge in [0.1, 0.15) is 11.3 Å². The molecule has 9 heteroatoms. The third-order valence-corrected chi connectivity index (χ3v) is 5.02. The standard InChI is InChI=1S/C18H20N2O7/c1-2-7-27-10-5-3-9(4-6-10)14-12-13(16(24)19-15(12)23)18(20-14,17(25)26)8-11(21)22/h3-6,12-14,20H,2,7-8H2,1H3,(H,21,22)(H,25,26)(H,19,23,24). The van der Waals surface area contributed by atoms with Crippen molar-refractivity contribution in [1.29, 1.82) is 0 Å². The van der Waals surface area contributed by atoms with Crippen LogP contribution in [0.25, 0.3) is 0 Å². The molecule has 2 saturated heterocycles. The van der Waals surface area contributed by atoms with Gasteiger partial charge in [0.25, 0.3) is 0 Å². The van der Waals surface area contributed by atoms with Gasteiger partial charge in [0.05, 0.1) is 24.9 Å². The fraction of sp³-hybridized carbons (Fsp3) is 0.444. The summed E-state index contributed by atoms with van der Waals surface area (Å²) in [5.74, 6) is -5.92. The number of carboxylic acids is 2. The second-order valence-corrected chi connectivity index (χ2v) is 6.74. The van der Waals surface area contributed by atoms with Crippen LogP contribution in [0.1, 0.15) is 31.4 Å². The van der Waals surface area contributed by atoms with E-state index in [9.17, 15) is 29.4 Å². The third kappa shape index (κ3) is 3.14. The summed E-state index contributed by atoms with van der Waals surface area (Å²) in [5, 5.41) is 23.8. The Kier molecular flexibility index (Phi) is 4.88. The number of carboxylic acid groups (broad SMARTS) is 2. The topological polar surface area (TPSA) is 142 Å². The highest BCUT2D eigenvalue weighted by Crippen LogP contribution is 2.47. The van der Waals surface area contributed by atoms with Crippen LogP contribution in [-0.4, -0.2) is 46.1 Å². The van der Waals surface area contributed by atoms with Crippen molar-refractivity contribution < 1.29 is 34.1 Å². The molecular weight excluding hydrogens is 356 g/mol. The van der Waals surface area contributed by atoms with E-state index in [1.165, 1.54) is 0 Å². The zero-order chi connectivity index (χ0) is 19.8. The zero-order valence-electron chi connectivity index (χ0n) is 14.6. The van der Waals surface area contributed by atoms with Crippen LogP contribution in [0.4, 0.5) is 0 Å². The van der Waals surface area contributed by atoms with E-state index in [1.807, 2.05) is 6.92 Å². The number of ether oxygens (including phenoxy) is 1. The van der Waals surface area contributed by atoms with Gasteiger partial charge in [0.15, 0.2) is 0 Å². The van der Waals surface area contributed by atoms with Crippen molar-refractivity contribution in [3.8, 4) is 5.75 Å². The van der Waals surface area contributed by atoms with E-state index in [-0.39, 0.29) is 0 Å². The van der Waals surface area contributed by atoms with Crippen molar-refractivity contribution in [2.75, 3.05) is 6.61 Å². The van der Waals surface area contributed by atoms with Crippen LogP contribution in [0.2, 0.25) is 0 Å². The van der Waals surface area contributed by atoms with Gasteiger partial charge in [-0.15, -0.1) is 0 Å². The van der Waals surface area contributed by atoms with Gasteiger partial charge in [0, 0.05) is 6.04 Å². The lowest BCUT2D eigenvalue weighted by Crippen LogP contribution is -2.56. The fourth-order valence-corrected chi connectivity index (χ4v) is 3.88. The minimum atomic E-state index is -2.06. The van der Waals surface area contributed by atoms with Gasteiger partial charge in [-0.05, 0) is 24.1 Å². The molecule has 27 heavy (non-hydrogen) atoms. The van der Waals surface area contributed by atoms with Crippen molar-refractivity contribution in [3.63, 3.8) is 0 Å². The summed E-state index contributed by atoms with van der Waals surface area (Å²) in [6.45, 7) is 2.52. The van der Waals surface area contributed by atoms with Crippen LogP contribution in [0.3, 0.4) is 0 Å². The molecule has 9 nitrogen and oxygen atoms in total. The van der Waals surface area contributed by atoms with Gasteiger partial charge in [-0.25, -0.2) is 0 Å². The van der Waals surface area contributed by atoms with E-state index in [1.54, 1.807) is 24.3 Å². The number of rotatable bonds is 7. The van der Waals surface area contributed by atoms with Gasteiger partial charge in [0.2, 0.25) is 11.8 Å². The first-order valence-electron chi connectivity index (χ1n) is 8.60. The van der Waals surface area contributed by atoms with E-state index < -0.39 is 53.6 Å². The van der Waals surface area contributed by atoms with E-state index in [0.29, 0.717) is 17.9 Å². The number of benzene rings is 1. The van der Waals surface area contributed by atoms with E-state index >= 15 is 0 Å². The normalized spacial score (nSPS) is 29.3. The third-order valence-electron chi connectivity index (χ3n) is 5.02. The highest BCUT2D eigenvalue weighted by molar-refractivity contribution is 6.10. The summed E-state index contributed by atoms with van der Waals surface area (Å²) in [7, 11) is 0. The first-order chi connectivity index (χ1) is 12.8. The minimum Gasteiger partial charge on any atom is -0.494 e. The number of amides is 2. The predicted octanol–water partition coefficient (Wildman–Crippen LogP) is 0.307. The number of hydrogen-bond acceptors (Lipinski definition) is 6. The van der Waals surface area contributed by atoms with E-state index in [4.69, 9.17) is 4.74 Å². The molecule has 1 aromatic rings. The highest BCUT2D eigenvalue weighted by atomic mass is 16.5. The predicted molar refractivity (Wildman–Crippen MR) is 90.9 cm³/mol. The fourth-order valence-electron chi connectivity index (χ4n) is 3.88. The van der Waals surface area contributed by atoms with Crippen LogP contribution in [-0.2, 0) is 19.2 Å². The average molecular weight is 376 g/mol. The Morgan fingerprint density at radius 2 is 1.81 bits per heavy atom. The van der Waals surface area contributed by atoms with Gasteiger partial charge in [-0.1, -0.05) is 19.1 Å². The molecule has 0 aliphatic carbocycles. The Bertz CT molecular complexity index is 791. The first kappa shape index (κ1) is 18.8. The minimum absolute atomic E-state index is 0.545. The number of nitrogens with one attached hydrogen (secondary N) is 2. The van der Waals surface area contributed by atoms with Crippen molar-refractivity contribution in [3.05, 3.63) is 29.8 Å². The molecule has 0 saturated carbocycles. The second kappa shape index (κ2) is 6.99. The Morgan fingerprint density at radius 3 is 2.37 bits per heavy atom. The maximum atomic E-state index is 12.3. The highest BCUT2D eigenvalue weighted by Gasteiger charge is 2.67. The van der Waals surface area contributed by atoms with Crippen LogP contribution < -0.4 is 15.4 Å². The smallest absolute Gasteiger partial charge is 0.325 e. The SMILES string of the molecule is CCCOc1ccc(C2NC(CC(=O)O)(C(=O)O)C3C(=O)NC(=O)C23)cc1. The summed E-state index contributed by atoms with van der Waals surface area (Å²) >= 11 is 0. The Hall–Kier alpha value is -2.94. The summed E-state index contributed by atoms with van der Waals surface area (Å²) in [6.07, 6.45) is 0.0205. The number of carbonyl (C=O) groups excluding carboxylic acids is 2. The maximum Gasteiger partial charge on any atom is 0.325 e. The molecule has 1 aromatic carbocycles. The number of fused-ring (bicyclic) bond motifs is 1. The molecule has 144 valence electrons. The lowest BCUT2D eigenvalue weighted by Gasteiger charge is -2.28. The number of aliphatic carboxylic acids is 2. The quantitative estimate of drug-likeness (QED) is 0.498. The number of imide groups is 1. The van der Waals surface area contributed by atoms with Gasteiger partial charge >= 0.3 is 11.9 Å². The van der Waals surface area contributed by atoms with E-state index in [0.717, 1.165) is 6.42 Å². The molecule has 0 bridgehead atoms. The van der Waals surface area contributed by atoms with Crippen LogP contribution >= 0.6 is 0 Å². The van der Waals surface area contributed by atoms with Gasteiger partial charge in [-0.3, -0.25) is 29.8 Å². The van der Waals surface area contributed by atoms with E-state index in [2.05, 4.69) is 10.6 Å². The van der Waals surface area contributed by atoms with Gasteiger partial charge in [-0.2, -0.15) is 0 Å². The second-order valence-electron chi connectivity index (χ2n) is 6.74. The lowest BCUT2D eigenvalue weighted by atomic mass is 9.77. The summed E-state index contributed by atoms with van der Waals surface area (Å²) in [5.41, 5.74) is -1.48. The van der Waals surface area contributed by atoms with Crippen molar-refractivity contribution >= 4 is 23.8 Å². The molecular formula is C18H20N2O7. The molecule has 2 aliphatic heterocycles. The molecule has 2 amide bonds. The molecule has 2 fully saturated rings. The Labute approximate surface area is 154 Å². The molecule has 2 heterocycles. The molecule has 3 rings (SSSR count). The van der Waals surface area contributed by atoms with Gasteiger partial charge < -0.3 is 14.9 Å². The average Bonchev–Trinajstić information content (AvgIpc) is 3.10. The van der Waals surface area contributed by atoms with Crippen molar-refractivity contribution in [2.24, 2.45) is 11.8 Å². The first-order valence-corrected chi connectivity index (χ1v) is 8.60. The van der Waals surface area contributed by atoms with Crippen molar-refractivity contribution in [1.82, 2.24) is 10.6 Å². The van der Waals surface area contributed by atoms with Crippen LogP contribution in [0, 0.1) is 11.8 Å². The molecule has 0 radical (unpaired) electrons. The zero-order valence-corrected chi connectivity index (χ0v) is 14.6. The van der Waals surface area contributed by atoms with Crippen LogP contribution in [0.5, 0.6) is 5.75 Å². The summed E-state index contributed by atoms with van der Waals surface area (Å²) in [6, 6.07) is 5.92. The Morgan fingerprint density at radius 1 is 1.15 bits per heavy atom. The number of hydrogen-bond donors (Lipinski definition) is 4. The molecule has 4 atom stereocenters. The molecule has 2 aliphatic rings. The molecule has 4 N–H and O–H groups in total. The molecule has 0 spiro atoms. The molecule has 0 aromatic heterocycles.